The van der Waals surface area contributed by atoms with Gasteiger partial charge in [-0.3, -0.25) is 0 Å². The van der Waals surface area contributed by atoms with Crippen molar-refractivity contribution in [1.82, 2.24) is 29.2 Å². The van der Waals surface area contributed by atoms with Gasteiger partial charge in [-0.2, -0.15) is 4.98 Å². The molecule has 10 nitrogen and oxygen atoms in total. The summed E-state index contributed by atoms with van der Waals surface area (Å²) in [5, 5.41) is 6.53. The molecule has 0 amide bonds. The van der Waals surface area contributed by atoms with Crippen molar-refractivity contribution in [2.45, 2.75) is 12.3 Å². The first-order valence-corrected chi connectivity index (χ1v) is 12.9. The number of anilines is 3. The molecule has 182 valence electrons. The number of imidazole rings is 1. The average Bonchev–Trinajstić information content (AvgIpc) is 3.27. The molecule has 36 heavy (non-hydrogen) atoms. The van der Waals surface area contributed by atoms with E-state index in [1.165, 1.54) is 13.4 Å². The van der Waals surface area contributed by atoms with Gasteiger partial charge < -0.3 is 10.6 Å². The van der Waals surface area contributed by atoms with Crippen LogP contribution in [0.2, 0.25) is 0 Å². The number of fused-ring (bicyclic) bond motifs is 1. The van der Waals surface area contributed by atoms with Crippen LogP contribution in [0.15, 0.2) is 85.2 Å². The van der Waals surface area contributed by atoms with Crippen LogP contribution in [0.4, 0.5) is 17.6 Å². The lowest BCUT2D eigenvalue weighted by Gasteiger charge is -2.11. The smallest absolute Gasteiger partial charge is 0.241 e. The van der Waals surface area contributed by atoms with Crippen molar-refractivity contribution < 1.29 is 8.42 Å². The topological polar surface area (TPSA) is 127 Å². The van der Waals surface area contributed by atoms with Gasteiger partial charge in [0.15, 0.2) is 0 Å². The zero-order valence-electron chi connectivity index (χ0n) is 19.5. The molecule has 0 aliphatic heterocycles. The Balaban J connectivity index is 1.45. The monoisotopic (exact) mass is 500 g/mol. The second-order valence-electron chi connectivity index (χ2n) is 8.00. The highest BCUT2D eigenvalue weighted by Crippen LogP contribution is 2.24. The van der Waals surface area contributed by atoms with Gasteiger partial charge in [0.25, 0.3) is 0 Å². The number of hydrogen-bond donors (Lipinski definition) is 3. The van der Waals surface area contributed by atoms with Crippen LogP contribution >= 0.6 is 0 Å². The Morgan fingerprint density at radius 3 is 2.47 bits per heavy atom. The molecule has 3 N–H and O–H groups in total. The molecule has 0 bridgehead atoms. The molecule has 3 aromatic carbocycles. The molecule has 0 fully saturated rings. The van der Waals surface area contributed by atoms with Crippen LogP contribution < -0.4 is 15.4 Å². The number of para-hydroxylation sites is 2. The van der Waals surface area contributed by atoms with Gasteiger partial charge in [0, 0.05) is 12.2 Å². The number of aromatic nitrogens is 5. The zero-order chi connectivity index (χ0) is 25.0. The van der Waals surface area contributed by atoms with Gasteiger partial charge >= 0.3 is 0 Å². The molecule has 11 heteroatoms. The molecule has 0 saturated heterocycles. The molecule has 5 rings (SSSR count). The molecule has 0 aliphatic rings. The zero-order valence-corrected chi connectivity index (χ0v) is 20.3. The van der Waals surface area contributed by atoms with E-state index in [-0.39, 0.29) is 5.75 Å². The summed E-state index contributed by atoms with van der Waals surface area (Å²) in [5.41, 5.74) is 4.07. The van der Waals surface area contributed by atoms with E-state index in [9.17, 15) is 8.42 Å². The maximum Gasteiger partial charge on any atom is 0.241 e. The highest BCUT2D eigenvalue weighted by molar-refractivity contribution is 7.88. The first-order valence-electron chi connectivity index (χ1n) is 11.2. The largest absolute Gasteiger partial charge is 0.351 e. The summed E-state index contributed by atoms with van der Waals surface area (Å²) in [7, 11) is -1.99. The molecule has 2 heterocycles. The Morgan fingerprint density at radius 2 is 1.64 bits per heavy atom. The SMILES string of the molecule is CNS(=O)(=O)Cc1cccc(Nc2ncnc(-n3c(NCc4ccccc4)nc4ccccc43)n2)c1. The Kier molecular flexibility index (Phi) is 6.56. The van der Waals surface area contributed by atoms with Crippen LogP contribution in [0.1, 0.15) is 11.1 Å². The maximum absolute atomic E-state index is 11.9. The Hall–Kier alpha value is -4.35. The number of nitrogens with one attached hydrogen (secondary N) is 3. The molecule has 0 atom stereocenters. The van der Waals surface area contributed by atoms with Gasteiger partial charge in [-0.25, -0.2) is 32.7 Å². The van der Waals surface area contributed by atoms with Crippen LogP contribution in [0, 0.1) is 0 Å². The summed E-state index contributed by atoms with van der Waals surface area (Å²) in [6, 6.07) is 24.9. The van der Waals surface area contributed by atoms with E-state index in [4.69, 9.17) is 4.98 Å². The molecular weight excluding hydrogens is 476 g/mol. The fourth-order valence-corrected chi connectivity index (χ4v) is 4.50. The lowest BCUT2D eigenvalue weighted by Crippen LogP contribution is -2.20. The van der Waals surface area contributed by atoms with E-state index in [1.807, 2.05) is 65.2 Å². The van der Waals surface area contributed by atoms with E-state index < -0.39 is 10.0 Å². The summed E-state index contributed by atoms with van der Waals surface area (Å²) < 4.78 is 28.0. The Labute approximate surface area is 208 Å². The first-order chi connectivity index (χ1) is 17.5. The van der Waals surface area contributed by atoms with Crippen LogP contribution in [0.5, 0.6) is 0 Å². The van der Waals surface area contributed by atoms with Gasteiger partial charge in [0.2, 0.25) is 27.9 Å². The van der Waals surface area contributed by atoms with E-state index in [2.05, 4.69) is 30.3 Å². The maximum atomic E-state index is 11.9. The average molecular weight is 501 g/mol. The number of rotatable bonds is 9. The molecule has 0 aliphatic carbocycles. The number of nitrogens with zero attached hydrogens (tertiary/aromatic N) is 5. The summed E-state index contributed by atoms with van der Waals surface area (Å²) in [6.45, 7) is 0.586. The Morgan fingerprint density at radius 1 is 0.861 bits per heavy atom. The minimum absolute atomic E-state index is 0.126. The number of sulfonamides is 1. The Bertz CT molecular complexity index is 1600. The molecule has 2 aromatic heterocycles. The van der Waals surface area contributed by atoms with Crippen molar-refractivity contribution in [1.29, 1.82) is 0 Å². The predicted molar refractivity (Wildman–Crippen MR) is 140 cm³/mol. The minimum Gasteiger partial charge on any atom is -0.351 e. The second-order valence-corrected chi connectivity index (χ2v) is 9.92. The number of benzene rings is 3. The molecule has 0 saturated carbocycles. The van der Waals surface area contributed by atoms with Crippen molar-refractivity contribution in [3.05, 3.63) is 96.3 Å². The van der Waals surface area contributed by atoms with Crippen molar-refractivity contribution in [3.63, 3.8) is 0 Å². The predicted octanol–water partition coefficient (Wildman–Crippen LogP) is 3.62. The quantitative estimate of drug-likeness (QED) is 0.280. The van der Waals surface area contributed by atoms with E-state index in [1.54, 1.807) is 18.2 Å². The molecule has 5 aromatic rings. The third-order valence-corrected chi connectivity index (χ3v) is 6.80. The summed E-state index contributed by atoms with van der Waals surface area (Å²) in [5.74, 6) is 1.20. The third-order valence-electron chi connectivity index (χ3n) is 5.46. The lowest BCUT2D eigenvalue weighted by atomic mass is 10.2. The van der Waals surface area contributed by atoms with Crippen molar-refractivity contribution >= 4 is 38.6 Å². The highest BCUT2D eigenvalue weighted by atomic mass is 32.2. The van der Waals surface area contributed by atoms with E-state index >= 15 is 0 Å². The minimum atomic E-state index is -3.39. The normalized spacial score (nSPS) is 11.5. The van der Waals surface area contributed by atoms with E-state index in [0.29, 0.717) is 35.6 Å². The van der Waals surface area contributed by atoms with Gasteiger partial charge in [-0.05, 0) is 42.4 Å². The fourth-order valence-electron chi connectivity index (χ4n) is 3.74. The molecular formula is C25H24N8O2S. The van der Waals surface area contributed by atoms with Crippen molar-refractivity contribution in [2.24, 2.45) is 0 Å². The summed E-state index contributed by atoms with van der Waals surface area (Å²) in [4.78, 5) is 18.0. The van der Waals surface area contributed by atoms with Gasteiger partial charge in [0.05, 0.1) is 16.8 Å². The van der Waals surface area contributed by atoms with Gasteiger partial charge in [0.1, 0.15) is 6.33 Å². The van der Waals surface area contributed by atoms with Crippen LogP contribution in [-0.4, -0.2) is 40.0 Å². The highest BCUT2D eigenvalue weighted by Gasteiger charge is 2.15. The van der Waals surface area contributed by atoms with Crippen molar-refractivity contribution in [2.75, 3.05) is 17.7 Å². The number of hydrogen-bond acceptors (Lipinski definition) is 8. The molecule has 0 spiro atoms. The molecule has 0 radical (unpaired) electrons. The van der Waals surface area contributed by atoms with Gasteiger partial charge in [-0.1, -0.05) is 54.6 Å². The van der Waals surface area contributed by atoms with Crippen LogP contribution in [0.3, 0.4) is 0 Å². The molecule has 0 unspecified atom stereocenters. The summed E-state index contributed by atoms with van der Waals surface area (Å²) in [6.07, 6.45) is 1.43. The van der Waals surface area contributed by atoms with Crippen molar-refractivity contribution in [3.8, 4) is 5.95 Å². The first kappa shape index (κ1) is 23.4. The third kappa shape index (κ3) is 5.32. The van der Waals surface area contributed by atoms with Crippen LogP contribution in [0.25, 0.3) is 17.0 Å². The lowest BCUT2D eigenvalue weighted by molar-refractivity contribution is 0.587. The van der Waals surface area contributed by atoms with Gasteiger partial charge in [-0.15, -0.1) is 0 Å². The van der Waals surface area contributed by atoms with E-state index in [0.717, 1.165) is 16.6 Å². The second kappa shape index (κ2) is 10.1. The van der Waals surface area contributed by atoms with Crippen LogP contribution in [-0.2, 0) is 22.3 Å². The fraction of sp³-hybridized carbons (Fsp3) is 0.120. The summed E-state index contributed by atoms with van der Waals surface area (Å²) >= 11 is 0. The standard InChI is InChI=1S/C25H24N8O2S/c1-26-36(34,35)16-19-10-7-11-20(14-19)30-23-28-17-29-25(32-23)33-22-13-6-5-12-21(22)31-24(33)27-15-18-8-3-2-4-9-18/h2-14,17,26H,15-16H2,1H3,(H,27,31)(H,28,29,30,32).